The van der Waals surface area contributed by atoms with Crippen LogP contribution in [0.2, 0.25) is 0 Å². The zero-order chi connectivity index (χ0) is 14.1. The van der Waals surface area contributed by atoms with Gasteiger partial charge >= 0.3 is 0 Å². The SMILES string of the molecule is N#Cc1ccc(C2NC3=NCCN3C(=O)C2C#N)cc1. The average Bonchev–Trinajstić information content (AvgIpc) is 2.96. The maximum atomic E-state index is 12.3. The second-order valence-corrected chi connectivity index (χ2v) is 4.66. The predicted molar refractivity (Wildman–Crippen MR) is 70.2 cm³/mol. The van der Waals surface area contributed by atoms with Gasteiger partial charge in [0.1, 0.15) is 5.92 Å². The average molecular weight is 265 g/mol. The van der Waals surface area contributed by atoms with E-state index >= 15 is 0 Å². The lowest BCUT2D eigenvalue weighted by Crippen LogP contribution is -2.54. The van der Waals surface area contributed by atoms with Crippen molar-refractivity contribution in [1.82, 2.24) is 10.2 Å². The number of carbonyl (C=O) groups excluding carboxylic acids is 1. The summed E-state index contributed by atoms with van der Waals surface area (Å²) < 4.78 is 0. The van der Waals surface area contributed by atoms with Crippen molar-refractivity contribution in [1.29, 1.82) is 10.5 Å². The number of guanidine groups is 1. The van der Waals surface area contributed by atoms with Gasteiger partial charge in [0.2, 0.25) is 11.9 Å². The topological polar surface area (TPSA) is 92.3 Å². The first kappa shape index (κ1) is 12.2. The molecule has 1 aromatic rings. The summed E-state index contributed by atoms with van der Waals surface area (Å²) in [7, 11) is 0. The van der Waals surface area contributed by atoms with Crippen molar-refractivity contribution < 1.29 is 4.79 Å². The van der Waals surface area contributed by atoms with Crippen LogP contribution in [0.15, 0.2) is 29.3 Å². The number of hydrogen-bond acceptors (Lipinski definition) is 5. The van der Waals surface area contributed by atoms with Gasteiger partial charge in [-0.05, 0) is 17.7 Å². The van der Waals surface area contributed by atoms with Crippen LogP contribution in [0.5, 0.6) is 0 Å². The number of hydrogen-bond donors (Lipinski definition) is 1. The molecule has 20 heavy (non-hydrogen) atoms. The summed E-state index contributed by atoms with van der Waals surface area (Å²) in [4.78, 5) is 18.0. The van der Waals surface area contributed by atoms with Crippen molar-refractivity contribution >= 4 is 11.9 Å². The van der Waals surface area contributed by atoms with Crippen LogP contribution in [0.3, 0.4) is 0 Å². The summed E-state index contributed by atoms with van der Waals surface area (Å²) in [5.41, 5.74) is 1.35. The van der Waals surface area contributed by atoms with Crippen LogP contribution < -0.4 is 5.32 Å². The predicted octanol–water partition coefficient (Wildman–Crippen LogP) is 0.541. The summed E-state index contributed by atoms with van der Waals surface area (Å²) in [5.74, 6) is -0.451. The van der Waals surface area contributed by atoms with Crippen molar-refractivity contribution in [3.8, 4) is 12.1 Å². The zero-order valence-corrected chi connectivity index (χ0v) is 10.6. The number of carbonyl (C=O) groups is 1. The van der Waals surface area contributed by atoms with Gasteiger partial charge in [0.25, 0.3) is 0 Å². The summed E-state index contributed by atoms with van der Waals surface area (Å²) in [6, 6.07) is 10.6. The molecule has 1 saturated heterocycles. The third-order valence-corrected chi connectivity index (χ3v) is 3.53. The molecule has 2 unspecified atom stereocenters. The molecule has 0 spiro atoms. The number of nitrogens with zero attached hydrogens (tertiary/aromatic N) is 4. The quantitative estimate of drug-likeness (QED) is 0.802. The molecular formula is C14H11N5O. The summed E-state index contributed by atoms with van der Waals surface area (Å²) in [5, 5.41) is 21.2. The summed E-state index contributed by atoms with van der Waals surface area (Å²) >= 11 is 0. The van der Waals surface area contributed by atoms with E-state index in [1.807, 2.05) is 6.07 Å². The van der Waals surface area contributed by atoms with Gasteiger partial charge in [0, 0.05) is 6.54 Å². The van der Waals surface area contributed by atoms with Crippen LogP contribution in [0, 0.1) is 28.6 Å². The summed E-state index contributed by atoms with van der Waals surface area (Å²) in [6.45, 7) is 1.09. The van der Waals surface area contributed by atoms with Crippen molar-refractivity contribution in [3.05, 3.63) is 35.4 Å². The third kappa shape index (κ3) is 1.79. The van der Waals surface area contributed by atoms with Gasteiger partial charge in [0.15, 0.2) is 0 Å². The van der Waals surface area contributed by atoms with Crippen molar-refractivity contribution in [2.24, 2.45) is 10.9 Å². The Balaban J connectivity index is 1.96. The molecular weight excluding hydrogens is 254 g/mol. The van der Waals surface area contributed by atoms with Gasteiger partial charge in [-0.1, -0.05) is 12.1 Å². The van der Waals surface area contributed by atoms with E-state index in [-0.39, 0.29) is 5.91 Å². The number of nitriles is 2. The van der Waals surface area contributed by atoms with E-state index in [9.17, 15) is 10.1 Å². The molecule has 0 bridgehead atoms. The molecule has 1 N–H and O–H groups in total. The van der Waals surface area contributed by atoms with Gasteiger partial charge < -0.3 is 5.32 Å². The van der Waals surface area contributed by atoms with E-state index in [0.29, 0.717) is 24.6 Å². The fraction of sp³-hybridized carbons (Fsp3) is 0.286. The van der Waals surface area contributed by atoms with Gasteiger partial charge in [-0.25, -0.2) is 0 Å². The Kier molecular flexibility index (Phi) is 2.85. The molecule has 2 atom stereocenters. The second kappa shape index (κ2) is 4.67. The smallest absolute Gasteiger partial charge is 0.249 e. The van der Waals surface area contributed by atoms with Crippen molar-refractivity contribution in [2.75, 3.05) is 13.1 Å². The van der Waals surface area contributed by atoms with Crippen LogP contribution in [-0.2, 0) is 4.79 Å². The monoisotopic (exact) mass is 265 g/mol. The Hall–Kier alpha value is -2.86. The molecule has 2 aliphatic rings. The molecule has 1 amide bonds. The summed E-state index contributed by atoms with van der Waals surface area (Å²) in [6.07, 6.45) is 0. The van der Waals surface area contributed by atoms with Gasteiger partial charge in [0.05, 0.1) is 30.3 Å². The Morgan fingerprint density at radius 2 is 2.05 bits per heavy atom. The molecule has 98 valence electrons. The molecule has 2 heterocycles. The largest absolute Gasteiger partial charge is 0.347 e. The maximum Gasteiger partial charge on any atom is 0.249 e. The molecule has 6 heteroatoms. The fourth-order valence-corrected chi connectivity index (χ4v) is 2.49. The Morgan fingerprint density at radius 1 is 1.30 bits per heavy atom. The number of benzene rings is 1. The molecule has 0 radical (unpaired) electrons. The highest BCUT2D eigenvalue weighted by Gasteiger charge is 2.42. The molecule has 6 nitrogen and oxygen atoms in total. The Labute approximate surface area is 115 Å². The van der Waals surface area contributed by atoms with E-state index in [1.165, 1.54) is 4.90 Å². The van der Waals surface area contributed by atoms with E-state index in [0.717, 1.165) is 5.56 Å². The molecule has 2 aliphatic heterocycles. The van der Waals surface area contributed by atoms with Crippen molar-refractivity contribution in [3.63, 3.8) is 0 Å². The molecule has 1 fully saturated rings. The number of fused-ring (bicyclic) bond motifs is 1. The molecule has 0 saturated carbocycles. The van der Waals surface area contributed by atoms with E-state index in [4.69, 9.17) is 5.26 Å². The lowest BCUT2D eigenvalue weighted by molar-refractivity contribution is -0.131. The van der Waals surface area contributed by atoms with E-state index in [1.54, 1.807) is 24.3 Å². The number of amides is 1. The van der Waals surface area contributed by atoms with Crippen LogP contribution in [0.4, 0.5) is 0 Å². The zero-order valence-electron chi connectivity index (χ0n) is 10.6. The first-order valence-corrected chi connectivity index (χ1v) is 6.26. The lowest BCUT2D eigenvalue weighted by Gasteiger charge is -2.34. The number of rotatable bonds is 1. The maximum absolute atomic E-state index is 12.3. The van der Waals surface area contributed by atoms with Crippen LogP contribution in [0.25, 0.3) is 0 Å². The minimum absolute atomic E-state index is 0.211. The van der Waals surface area contributed by atoms with Gasteiger partial charge in [-0.3, -0.25) is 14.7 Å². The molecule has 0 aliphatic carbocycles. The standard InChI is InChI=1S/C14H11N5O/c15-7-9-1-3-10(4-2-9)12-11(8-16)13(20)19-6-5-17-14(19)18-12/h1-4,11-12H,5-6H2,(H,17,18). The fourth-order valence-electron chi connectivity index (χ4n) is 2.49. The minimum atomic E-state index is -0.778. The highest BCUT2D eigenvalue weighted by Crippen LogP contribution is 2.29. The second-order valence-electron chi connectivity index (χ2n) is 4.66. The minimum Gasteiger partial charge on any atom is -0.347 e. The molecule has 3 rings (SSSR count). The van der Waals surface area contributed by atoms with Crippen LogP contribution in [-0.4, -0.2) is 29.9 Å². The van der Waals surface area contributed by atoms with Crippen molar-refractivity contribution in [2.45, 2.75) is 6.04 Å². The molecule has 0 aromatic heterocycles. The first-order valence-electron chi connectivity index (χ1n) is 6.26. The van der Waals surface area contributed by atoms with E-state index < -0.39 is 12.0 Å². The first-order chi connectivity index (χ1) is 9.74. The Bertz CT molecular complexity index is 664. The van der Waals surface area contributed by atoms with Crippen LogP contribution in [0.1, 0.15) is 17.2 Å². The van der Waals surface area contributed by atoms with E-state index in [2.05, 4.69) is 16.4 Å². The highest BCUT2D eigenvalue weighted by atomic mass is 16.2. The third-order valence-electron chi connectivity index (χ3n) is 3.53. The lowest BCUT2D eigenvalue weighted by atomic mass is 9.90. The van der Waals surface area contributed by atoms with Crippen LogP contribution >= 0.6 is 0 Å². The molecule has 1 aromatic carbocycles. The highest BCUT2D eigenvalue weighted by molar-refractivity contribution is 6.03. The number of nitrogens with one attached hydrogen (secondary N) is 1. The van der Waals surface area contributed by atoms with Gasteiger partial charge in [-0.2, -0.15) is 10.5 Å². The van der Waals surface area contributed by atoms with Gasteiger partial charge in [-0.15, -0.1) is 0 Å². The normalized spacial score (nSPS) is 24.2. The Morgan fingerprint density at radius 3 is 2.70 bits per heavy atom. The number of aliphatic imine (C=N–C) groups is 1.